The largest absolute Gasteiger partial charge is 0.299 e. The molecule has 0 aliphatic heterocycles. The number of benzene rings is 1. The summed E-state index contributed by atoms with van der Waals surface area (Å²) < 4.78 is 0. The lowest BCUT2D eigenvalue weighted by atomic mass is 10.1. The van der Waals surface area contributed by atoms with Gasteiger partial charge in [0.2, 0.25) is 0 Å². The number of hydroxylamine groups is 1. The third-order valence-electron chi connectivity index (χ3n) is 1.73. The van der Waals surface area contributed by atoms with E-state index in [1.54, 1.807) is 0 Å². The Bertz CT molecular complexity index is 358. The predicted octanol–water partition coefficient (Wildman–Crippen LogP) is 2.36. The van der Waals surface area contributed by atoms with Crippen molar-refractivity contribution in [2.24, 2.45) is 5.92 Å². The molecule has 0 aliphatic rings. The van der Waals surface area contributed by atoms with Gasteiger partial charge in [-0.1, -0.05) is 51.1 Å². The molecule has 100 valence electrons. The highest BCUT2D eigenvalue weighted by atomic mass is 16.5. The quantitative estimate of drug-likeness (QED) is 0.490. The van der Waals surface area contributed by atoms with E-state index in [9.17, 15) is 9.59 Å². The van der Waals surface area contributed by atoms with Crippen molar-refractivity contribution in [2.45, 2.75) is 33.6 Å². The zero-order valence-corrected chi connectivity index (χ0v) is 11.1. The fourth-order valence-corrected chi connectivity index (χ4v) is 1.10. The summed E-state index contributed by atoms with van der Waals surface area (Å²) in [5.74, 6) is -0.0614. The summed E-state index contributed by atoms with van der Waals surface area (Å²) in [4.78, 5) is 21.8. The van der Waals surface area contributed by atoms with E-state index >= 15 is 0 Å². The van der Waals surface area contributed by atoms with Gasteiger partial charge in [-0.3, -0.25) is 14.8 Å². The molecule has 0 aliphatic carbocycles. The Balaban J connectivity index is 0.000000631. The van der Waals surface area contributed by atoms with Gasteiger partial charge < -0.3 is 0 Å². The van der Waals surface area contributed by atoms with Crippen LogP contribution in [0.15, 0.2) is 30.3 Å². The molecule has 1 aromatic rings. The molecule has 0 unspecified atom stereocenters. The van der Waals surface area contributed by atoms with E-state index in [4.69, 9.17) is 5.21 Å². The van der Waals surface area contributed by atoms with Crippen LogP contribution in [0.5, 0.6) is 0 Å². The first-order chi connectivity index (χ1) is 8.45. The van der Waals surface area contributed by atoms with Crippen molar-refractivity contribution >= 4 is 11.7 Å². The average molecular weight is 251 g/mol. The van der Waals surface area contributed by atoms with E-state index in [1.165, 1.54) is 5.48 Å². The monoisotopic (exact) mass is 251 g/mol. The van der Waals surface area contributed by atoms with E-state index in [0.717, 1.165) is 11.5 Å². The number of hydrogen-bond donors (Lipinski definition) is 2. The number of Topliss-reactive ketones (excluding diaryl/α,β-unsaturated/α-hetero) is 1. The van der Waals surface area contributed by atoms with Gasteiger partial charge in [-0.2, -0.15) is 0 Å². The fourth-order valence-electron chi connectivity index (χ4n) is 1.10. The van der Waals surface area contributed by atoms with Gasteiger partial charge >= 0.3 is 0 Å². The maximum Gasteiger partial charge on any atom is 0.250 e. The van der Waals surface area contributed by atoms with Gasteiger partial charge in [0.15, 0.2) is 0 Å². The third kappa shape index (κ3) is 9.54. The highest BCUT2D eigenvalue weighted by molar-refractivity contribution is 5.98. The molecule has 1 amide bonds. The Hall–Kier alpha value is -1.68. The Kier molecular flexibility index (Phi) is 8.49. The lowest BCUT2D eigenvalue weighted by Gasteiger charge is -1.99. The van der Waals surface area contributed by atoms with Gasteiger partial charge in [-0.15, -0.1) is 0 Å². The molecule has 0 bridgehead atoms. The SMILES string of the molecule is CC(C)C.O=C(CC(=O)NO)Cc1ccccc1. The van der Waals surface area contributed by atoms with Crippen LogP contribution in [0.2, 0.25) is 0 Å². The van der Waals surface area contributed by atoms with Crippen LogP contribution in [-0.2, 0) is 16.0 Å². The Labute approximate surface area is 108 Å². The first kappa shape index (κ1) is 16.3. The molecule has 0 atom stereocenters. The molecule has 2 N–H and O–H groups in total. The van der Waals surface area contributed by atoms with Crippen molar-refractivity contribution in [3.8, 4) is 0 Å². The molecule has 0 spiro atoms. The highest BCUT2D eigenvalue weighted by Crippen LogP contribution is 2.01. The molecular formula is C14H21NO3. The molecule has 0 fully saturated rings. The summed E-state index contributed by atoms with van der Waals surface area (Å²) in [6, 6.07) is 9.14. The maximum absolute atomic E-state index is 11.2. The van der Waals surface area contributed by atoms with Crippen LogP contribution in [0.4, 0.5) is 0 Å². The van der Waals surface area contributed by atoms with Gasteiger partial charge in [0, 0.05) is 6.42 Å². The Morgan fingerprint density at radius 3 is 2.11 bits per heavy atom. The summed E-state index contributed by atoms with van der Waals surface area (Å²) in [6.45, 7) is 6.50. The Morgan fingerprint density at radius 1 is 1.17 bits per heavy atom. The number of nitrogens with one attached hydrogen (secondary N) is 1. The number of hydrogen-bond acceptors (Lipinski definition) is 3. The zero-order valence-electron chi connectivity index (χ0n) is 11.1. The standard InChI is InChI=1S/C10H11NO3.C4H10/c12-9(7-10(13)11-14)6-8-4-2-1-3-5-8;1-4(2)3/h1-5,14H,6-7H2,(H,11,13);4H,1-3H3. The second-order valence-corrected chi connectivity index (χ2v) is 4.64. The second kappa shape index (κ2) is 9.36. The van der Waals surface area contributed by atoms with Crippen LogP contribution in [0, 0.1) is 5.92 Å². The topological polar surface area (TPSA) is 66.4 Å². The van der Waals surface area contributed by atoms with Crippen LogP contribution in [0.3, 0.4) is 0 Å². The van der Waals surface area contributed by atoms with Crippen molar-refractivity contribution in [1.29, 1.82) is 0 Å². The highest BCUT2D eigenvalue weighted by Gasteiger charge is 2.08. The molecule has 18 heavy (non-hydrogen) atoms. The van der Waals surface area contributed by atoms with E-state index in [2.05, 4.69) is 20.8 Å². The van der Waals surface area contributed by atoms with Crippen molar-refractivity contribution in [3.05, 3.63) is 35.9 Å². The number of carbonyl (C=O) groups excluding carboxylic acids is 2. The van der Waals surface area contributed by atoms with Crippen molar-refractivity contribution in [3.63, 3.8) is 0 Å². The fraction of sp³-hybridized carbons (Fsp3) is 0.429. The van der Waals surface area contributed by atoms with Crippen LogP contribution < -0.4 is 5.48 Å². The van der Waals surface area contributed by atoms with E-state index < -0.39 is 5.91 Å². The summed E-state index contributed by atoms with van der Waals surface area (Å²) >= 11 is 0. The van der Waals surface area contributed by atoms with Crippen LogP contribution in [-0.4, -0.2) is 16.9 Å². The predicted molar refractivity (Wildman–Crippen MR) is 70.2 cm³/mol. The molecule has 1 rings (SSSR count). The van der Waals surface area contributed by atoms with E-state index in [0.29, 0.717) is 0 Å². The smallest absolute Gasteiger partial charge is 0.250 e. The molecule has 0 aromatic heterocycles. The summed E-state index contributed by atoms with van der Waals surface area (Å²) in [5, 5.41) is 8.20. The lowest BCUT2D eigenvalue weighted by Crippen LogP contribution is -2.22. The average Bonchev–Trinajstić information content (AvgIpc) is 2.29. The van der Waals surface area contributed by atoms with Gasteiger partial charge in [-0.05, 0) is 11.5 Å². The van der Waals surface area contributed by atoms with Crippen molar-refractivity contribution < 1.29 is 14.8 Å². The molecule has 1 aromatic carbocycles. The number of ketones is 1. The molecule has 4 heteroatoms. The van der Waals surface area contributed by atoms with Gasteiger partial charge in [0.1, 0.15) is 5.78 Å². The van der Waals surface area contributed by atoms with Crippen molar-refractivity contribution in [1.82, 2.24) is 5.48 Å². The Morgan fingerprint density at radius 2 is 1.67 bits per heavy atom. The molecule has 0 heterocycles. The molecule has 0 radical (unpaired) electrons. The molecule has 0 saturated heterocycles. The van der Waals surface area contributed by atoms with Crippen molar-refractivity contribution in [2.75, 3.05) is 0 Å². The van der Waals surface area contributed by atoms with Crippen LogP contribution >= 0.6 is 0 Å². The maximum atomic E-state index is 11.2. The number of amides is 1. The zero-order chi connectivity index (χ0) is 14.0. The molecule has 4 nitrogen and oxygen atoms in total. The minimum atomic E-state index is -0.675. The van der Waals surface area contributed by atoms with E-state index in [-0.39, 0.29) is 18.6 Å². The summed E-state index contributed by atoms with van der Waals surface area (Å²) in [6.07, 6.45) is -0.0698. The number of carbonyl (C=O) groups is 2. The lowest BCUT2D eigenvalue weighted by molar-refractivity contribution is -0.133. The number of rotatable bonds is 4. The minimum Gasteiger partial charge on any atom is -0.299 e. The van der Waals surface area contributed by atoms with Crippen LogP contribution in [0.1, 0.15) is 32.8 Å². The van der Waals surface area contributed by atoms with Crippen LogP contribution in [0.25, 0.3) is 0 Å². The first-order valence-corrected chi connectivity index (χ1v) is 5.94. The second-order valence-electron chi connectivity index (χ2n) is 4.64. The molecular weight excluding hydrogens is 230 g/mol. The van der Waals surface area contributed by atoms with E-state index in [1.807, 2.05) is 30.3 Å². The van der Waals surface area contributed by atoms with Gasteiger partial charge in [-0.25, -0.2) is 5.48 Å². The summed E-state index contributed by atoms with van der Waals surface area (Å²) in [5.41, 5.74) is 2.29. The summed E-state index contributed by atoms with van der Waals surface area (Å²) in [7, 11) is 0. The van der Waals surface area contributed by atoms with Gasteiger partial charge in [0.05, 0.1) is 6.42 Å². The normalized spacial score (nSPS) is 9.39. The minimum absolute atomic E-state index is 0.217. The third-order valence-corrected chi connectivity index (χ3v) is 1.73. The van der Waals surface area contributed by atoms with Gasteiger partial charge in [0.25, 0.3) is 5.91 Å². The molecule has 0 saturated carbocycles. The first-order valence-electron chi connectivity index (χ1n) is 5.94.